The van der Waals surface area contributed by atoms with Crippen molar-refractivity contribution >= 4 is 23.5 Å². The molecular formula is C22H29N5O4. The lowest BCUT2D eigenvalue weighted by molar-refractivity contribution is -0.145. The van der Waals surface area contributed by atoms with Crippen LogP contribution in [0.25, 0.3) is 0 Å². The number of hydrogen-bond donors (Lipinski definition) is 3. The number of anilines is 1. The third-order valence-electron chi connectivity index (χ3n) is 7.97. The zero-order valence-electron chi connectivity index (χ0n) is 17.5. The Kier molecular flexibility index (Phi) is 4.96. The van der Waals surface area contributed by atoms with Gasteiger partial charge < -0.3 is 10.2 Å². The maximum absolute atomic E-state index is 13.9. The minimum atomic E-state index is -0.798. The monoisotopic (exact) mass is 427 g/mol. The van der Waals surface area contributed by atoms with E-state index in [9.17, 15) is 14.4 Å². The van der Waals surface area contributed by atoms with Crippen molar-refractivity contribution in [3.8, 4) is 0 Å². The van der Waals surface area contributed by atoms with E-state index in [2.05, 4.69) is 15.3 Å². The summed E-state index contributed by atoms with van der Waals surface area (Å²) in [4.78, 5) is 48.9. The molecule has 166 valence electrons. The molecular weight excluding hydrogens is 398 g/mol. The first-order valence-electron chi connectivity index (χ1n) is 11.3. The number of hydrogen-bond acceptors (Lipinski definition) is 6. The van der Waals surface area contributed by atoms with Crippen molar-refractivity contribution in [2.24, 2.45) is 22.7 Å². The molecule has 31 heavy (non-hydrogen) atoms. The number of carbonyl (C=O) groups is 3. The Morgan fingerprint density at radius 3 is 2.58 bits per heavy atom. The molecule has 9 nitrogen and oxygen atoms in total. The first kappa shape index (κ1) is 20.4. The fraction of sp³-hybridized carbons (Fsp3) is 0.682. The highest BCUT2D eigenvalue weighted by atomic mass is 16.5. The zero-order valence-corrected chi connectivity index (χ0v) is 17.5. The van der Waals surface area contributed by atoms with Gasteiger partial charge in [-0.05, 0) is 42.9 Å². The van der Waals surface area contributed by atoms with Gasteiger partial charge in [0.1, 0.15) is 6.04 Å². The molecule has 3 amide bonds. The quantitative estimate of drug-likeness (QED) is 0.470. The van der Waals surface area contributed by atoms with Gasteiger partial charge in [0.05, 0.1) is 11.6 Å². The maximum atomic E-state index is 13.9. The van der Waals surface area contributed by atoms with Crippen LogP contribution in [-0.2, 0) is 14.4 Å². The van der Waals surface area contributed by atoms with Gasteiger partial charge in [-0.1, -0.05) is 25.7 Å². The molecule has 3 N–H and O–H groups in total. The number of nitrogens with one attached hydrogen (secondary N) is 2. The summed E-state index contributed by atoms with van der Waals surface area (Å²) < 4.78 is 0. The predicted octanol–water partition coefficient (Wildman–Crippen LogP) is 1.89. The first-order valence-corrected chi connectivity index (χ1v) is 11.3. The Bertz CT molecular complexity index is 883. The van der Waals surface area contributed by atoms with Gasteiger partial charge in [0.15, 0.2) is 5.82 Å². The predicted molar refractivity (Wildman–Crippen MR) is 109 cm³/mol. The highest BCUT2D eigenvalue weighted by Crippen LogP contribution is 2.64. The van der Waals surface area contributed by atoms with Crippen LogP contribution in [0.2, 0.25) is 0 Å². The van der Waals surface area contributed by atoms with Crippen molar-refractivity contribution in [2.75, 3.05) is 11.9 Å². The van der Waals surface area contributed by atoms with Crippen LogP contribution in [-0.4, -0.2) is 50.4 Å². The van der Waals surface area contributed by atoms with Crippen LogP contribution >= 0.6 is 0 Å². The lowest BCUT2D eigenvalue weighted by Gasteiger charge is -2.29. The van der Waals surface area contributed by atoms with Gasteiger partial charge >= 0.3 is 0 Å². The second-order valence-electron chi connectivity index (χ2n) is 9.96. The van der Waals surface area contributed by atoms with E-state index in [1.165, 1.54) is 18.6 Å². The van der Waals surface area contributed by atoms with E-state index in [0.29, 0.717) is 31.1 Å². The van der Waals surface area contributed by atoms with Crippen molar-refractivity contribution in [3.05, 3.63) is 18.6 Å². The van der Waals surface area contributed by atoms with Gasteiger partial charge in [0.2, 0.25) is 17.7 Å². The van der Waals surface area contributed by atoms with Gasteiger partial charge in [0, 0.05) is 25.4 Å². The summed E-state index contributed by atoms with van der Waals surface area (Å²) in [5.74, 6) is 0.0728. The molecule has 2 heterocycles. The number of nitrogens with zero attached hydrogens (tertiary/aromatic N) is 3. The summed E-state index contributed by atoms with van der Waals surface area (Å²) in [6.45, 7) is 0.560. The summed E-state index contributed by atoms with van der Waals surface area (Å²) in [5, 5.41) is 11.9. The molecule has 9 heteroatoms. The smallest absolute Gasteiger partial charge is 0.248 e. The largest absolute Gasteiger partial charge is 0.330 e. The fourth-order valence-electron chi connectivity index (χ4n) is 6.06. The topological polar surface area (TPSA) is 125 Å². The average molecular weight is 428 g/mol. The van der Waals surface area contributed by atoms with Crippen LogP contribution in [0.5, 0.6) is 0 Å². The van der Waals surface area contributed by atoms with Gasteiger partial charge in [-0.3, -0.25) is 24.6 Å². The highest BCUT2D eigenvalue weighted by molar-refractivity contribution is 5.99. The van der Waals surface area contributed by atoms with Crippen molar-refractivity contribution in [2.45, 2.75) is 63.8 Å². The normalized spacial score (nSPS) is 30.9. The van der Waals surface area contributed by atoms with E-state index in [4.69, 9.17) is 5.21 Å². The SMILES string of the molecule is O=C(C[C@]1(C(=O)N2CC3(CC3)C[C@H]2C(=O)Nc2cnccn2)C[C@H]1C1CCCC1)NO. The van der Waals surface area contributed by atoms with Crippen LogP contribution in [0.15, 0.2) is 18.6 Å². The Labute approximate surface area is 181 Å². The van der Waals surface area contributed by atoms with E-state index in [1.807, 2.05) is 0 Å². The number of likely N-dealkylation sites (tertiary alicyclic amines) is 1. The molecule has 1 aromatic heterocycles. The molecule has 0 bridgehead atoms. The molecule has 4 fully saturated rings. The lowest BCUT2D eigenvalue weighted by atomic mass is 9.89. The fourth-order valence-corrected chi connectivity index (χ4v) is 6.06. The second kappa shape index (κ2) is 7.55. The van der Waals surface area contributed by atoms with Crippen molar-refractivity contribution in [3.63, 3.8) is 0 Å². The molecule has 5 rings (SSSR count). The van der Waals surface area contributed by atoms with Crippen LogP contribution in [0, 0.1) is 22.7 Å². The number of carbonyl (C=O) groups excluding carboxylic acids is 3. The minimum Gasteiger partial charge on any atom is -0.330 e. The van der Waals surface area contributed by atoms with E-state index in [0.717, 1.165) is 38.5 Å². The van der Waals surface area contributed by atoms with Crippen LogP contribution in [0.4, 0.5) is 5.82 Å². The van der Waals surface area contributed by atoms with Crippen LogP contribution in [0.1, 0.15) is 57.8 Å². The number of rotatable bonds is 6. The molecule has 1 spiro atoms. The molecule has 1 saturated heterocycles. The summed E-state index contributed by atoms with van der Waals surface area (Å²) in [6.07, 6.45) is 12.3. The summed E-state index contributed by atoms with van der Waals surface area (Å²) >= 11 is 0. The average Bonchev–Trinajstić information content (AvgIpc) is 3.55. The minimum absolute atomic E-state index is 0.0223. The molecule has 3 saturated carbocycles. The Morgan fingerprint density at radius 1 is 1.16 bits per heavy atom. The van der Waals surface area contributed by atoms with Crippen LogP contribution < -0.4 is 10.8 Å². The highest BCUT2D eigenvalue weighted by Gasteiger charge is 2.67. The molecule has 1 aromatic rings. The molecule has 3 aliphatic carbocycles. The standard InChI is InChI=1S/C22H29N5O4/c28-18(26-31)11-22(9-15(22)14-3-1-2-4-14)20(30)27-13-21(5-6-21)10-16(27)19(29)25-17-12-23-7-8-24-17/h7-8,12,14-16,31H,1-6,9-11,13H2,(H,26,28)(H,24,25,29)/t15-,16-,22+/m0/s1. The summed E-state index contributed by atoms with van der Waals surface area (Å²) in [5.41, 5.74) is 0.936. The van der Waals surface area contributed by atoms with Crippen molar-refractivity contribution in [1.82, 2.24) is 20.3 Å². The molecule has 0 radical (unpaired) electrons. The third kappa shape index (κ3) is 3.69. The number of amides is 3. The van der Waals surface area contributed by atoms with E-state index >= 15 is 0 Å². The molecule has 4 aliphatic rings. The maximum Gasteiger partial charge on any atom is 0.248 e. The van der Waals surface area contributed by atoms with E-state index in [-0.39, 0.29) is 29.6 Å². The van der Waals surface area contributed by atoms with Crippen molar-refractivity contribution < 1.29 is 19.6 Å². The van der Waals surface area contributed by atoms with Crippen molar-refractivity contribution in [1.29, 1.82) is 0 Å². The van der Waals surface area contributed by atoms with Gasteiger partial charge in [-0.2, -0.15) is 0 Å². The second-order valence-corrected chi connectivity index (χ2v) is 9.96. The van der Waals surface area contributed by atoms with Gasteiger partial charge in [0.25, 0.3) is 0 Å². The molecule has 1 aliphatic heterocycles. The Morgan fingerprint density at radius 2 is 1.94 bits per heavy atom. The molecule has 0 aromatic carbocycles. The number of hydroxylamine groups is 1. The van der Waals surface area contributed by atoms with Crippen LogP contribution in [0.3, 0.4) is 0 Å². The zero-order chi connectivity index (χ0) is 21.6. The van der Waals surface area contributed by atoms with E-state index in [1.54, 1.807) is 10.4 Å². The Hall–Kier alpha value is -2.55. The molecule has 0 unspecified atom stereocenters. The Balaban J connectivity index is 1.38. The molecule has 3 atom stereocenters. The summed E-state index contributed by atoms with van der Waals surface area (Å²) in [6, 6.07) is -0.573. The van der Waals surface area contributed by atoms with E-state index < -0.39 is 17.4 Å². The lowest BCUT2D eigenvalue weighted by Crippen LogP contribution is -2.48. The van der Waals surface area contributed by atoms with Gasteiger partial charge in [-0.25, -0.2) is 10.5 Å². The van der Waals surface area contributed by atoms with Gasteiger partial charge in [-0.15, -0.1) is 0 Å². The third-order valence-corrected chi connectivity index (χ3v) is 7.97. The first-order chi connectivity index (χ1) is 15.0. The summed E-state index contributed by atoms with van der Waals surface area (Å²) in [7, 11) is 0. The number of aromatic nitrogens is 2.